The lowest BCUT2D eigenvalue weighted by Crippen LogP contribution is -1.87. The molecule has 0 aliphatic heterocycles. The van der Waals surface area contributed by atoms with Crippen molar-refractivity contribution >= 4 is 88.1 Å². The monoisotopic (exact) mass is 745 g/mol. The summed E-state index contributed by atoms with van der Waals surface area (Å²) in [5, 5.41) is 5.06. The molecular formula is C51H27N3O4. The van der Waals surface area contributed by atoms with Gasteiger partial charge in [-0.15, -0.1) is 0 Å². The van der Waals surface area contributed by atoms with Crippen LogP contribution in [0.25, 0.3) is 133 Å². The van der Waals surface area contributed by atoms with Crippen LogP contribution in [0.4, 0.5) is 0 Å². The largest absolute Gasteiger partial charge is 0.456 e. The van der Waals surface area contributed by atoms with Gasteiger partial charge in [0.2, 0.25) is 0 Å². The van der Waals surface area contributed by atoms with Gasteiger partial charge in [0, 0.05) is 45.5 Å². The lowest BCUT2D eigenvalue weighted by atomic mass is 9.92. The highest BCUT2D eigenvalue weighted by atomic mass is 16.3. The number of furan rings is 4. The molecule has 0 aliphatic rings. The van der Waals surface area contributed by atoms with Crippen molar-refractivity contribution in [2.24, 2.45) is 0 Å². The quantitative estimate of drug-likeness (QED) is 0.177. The zero-order valence-electron chi connectivity index (χ0n) is 30.6. The third-order valence-corrected chi connectivity index (χ3v) is 11.4. The van der Waals surface area contributed by atoms with Crippen LogP contribution in [0.5, 0.6) is 0 Å². The number of hydrogen-bond acceptors (Lipinski definition) is 7. The zero-order valence-corrected chi connectivity index (χ0v) is 30.6. The second-order valence-corrected chi connectivity index (χ2v) is 14.8. The molecule has 0 bridgehead atoms. The molecule has 13 rings (SSSR count). The number of fused-ring (bicyclic) bond motifs is 12. The van der Waals surface area contributed by atoms with Gasteiger partial charge in [-0.2, -0.15) is 0 Å². The van der Waals surface area contributed by atoms with Gasteiger partial charge >= 0.3 is 0 Å². The van der Waals surface area contributed by atoms with Crippen LogP contribution in [0.3, 0.4) is 0 Å². The topological polar surface area (TPSA) is 91.2 Å². The molecule has 270 valence electrons. The maximum absolute atomic E-state index is 6.42. The van der Waals surface area contributed by atoms with E-state index in [0.717, 1.165) is 133 Å². The van der Waals surface area contributed by atoms with Crippen LogP contribution in [0, 0.1) is 0 Å². The van der Waals surface area contributed by atoms with Crippen LogP contribution >= 0.6 is 0 Å². The Balaban J connectivity index is 0.985. The minimum absolute atomic E-state index is 0.773. The van der Waals surface area contributed by atoms with Crippen LogP contribution in [0.1, 0.15) is 0 Å². The Hall–Kier alpha value is -8.03. The molecule has 0 saturated heterocycles. The van der Waals surface area contributed by atoms with E-state index in [1.54, 1.807) is 6.20 Å². The molecule has 7 heteroatoms. The first kappa shape index (κ1) is 31.2. The molecular weight excluding hydrogens is 719 g/mol. The average molecular weight is 746 g/mol. The summed E-state index contributed by atoms with van der Waals surface area (Å²) >= 11 is 0. The van der Waals surface area contributed by atoms with Crippen LogP contribution < -0.4 is 0 Å². The summed E-state index contributed by atoms with van der Waals surface area (Å²) in [6.45, 7) is 0. The number of benzene rings is 6. The molecule has 0 fully saturated rings. The van der Waals surface area contributed by atoms with Gasteiger partial charge in [-0.1, -0.05) is 30.3 Å². The molecule has 7 nitrogen and oxygen atoms in total. The predicted molar refractivity (Wildman–Crippen MR) is 231 cm³/mol. The lowest BCUT2D eigenvalue weighted by Gasteiger charge is -2.12. The first-order valence-electron chi connectivity index (χ1n) is 19.1. The van der Waals surface area contributed by atoms with Crippen LogP contribution in [0.15, 0.2) is 182 Å². The van der Waals surface area contributed by atoms with Gasteiger partial charge in [-0.3, -0.25) is 15.0 Å². The molecule has 0 saturated carbocycles. The van der Waals surface area contributed by atoms with E-state index in [1.807, 2.05) is 67.0 Å². The summed E-state index contributed by atoms with van der Waals surface area (Å²) in [7, 11) is 0. The van der Waals surface area contributed by atoms with Crippen molar-refractivity contribution in [3.05, 3.63) is 164 Å². The number of rotatable bonds is 4. The third kappa shape index (κ3) is 4.71. The Kier molecular flexibility index (Phi) is 6.32. The van der Waals surface area contributed by atoms with E-state index in [4.69, 9.17) is 17.7 Å². The molecule has 0 aliphatic carbocycles. The molecule has 58 heavy (non-hydrogen) atoms. The summed E-state index contributed by atoms with van der Waals surface area (Å²) in [5.41, 5.74) is 17.6. The standard InChI is InChI=1S/C51H27N3O4/c1-4-46-49(52-17-1)38-25-29(8-14-43(38)56-46)28-7-12-41-36(23-28)37-24-30(9-13-42(37)55-41)33-20-34(31-10-15-44-39(26-31)50-47(57-44)5-2-18-53-50)22-35(21-33)32-11-16-45-40(27-32)51-48(58-45)6-3-19-54-51/h1-27H. The molecule has 0 unspecified atom stereocenters. The van der Waals surface area contributed by atoms with Gasteiger partial charge < -0.3 is 17.7 Å². The van der Waals surface area contributed by atoms with Crippen LogP contribution in [-0.2, 0) is 0 Å². The minimum Gasteiger partial charge on any atom is -0.456 e. The van der Waals surface area contributed by atoms with Gasteiger partial charge in [0.05, 0.1) is 0 Å². The van der Waals surface area contributed by atoms with Gasteiger partial charge in [0.25, 0.3) is 0 Å². The molecule has 0 amide bonds. The Labute approximate surface area is 328 Å². The first-order chi connectivity index (χ1) is 28.7. The van der Waals surface area contributed by atoms with Gasteiger partial charge in [0.1, 0.15) is 44.5 Å². The van der Waals surface area contributed by atoms with E-state index in [9.17, 15) is 0 Å². The van der Waals surface area contributed by atoms with Crippen molar-refractivity contribution in [2.75, 3.05) is 0 Å². The highest BCUT2D eigenvalue weighted by Crippen LogP contribution is 2.41. The Morgan fingerprint density at radius 3 is 0.862 bits per heavy atom. The zero-order chi connectivity index (χ0) is 37.9. The van der Waals surface area contributed by atoms with Crippen molar-refractivity contribution < 1.29 is 17.7 Å². The summed E-state index contributed by atoms with van der Waals surface area (Å²) in [6, 6.07) is 50.2. The van der Waals surface area contributed by atoms with E-state index in [1.165, 1.54) is 0 Å². The predicted octanol–water partition coefficient (Wildman–Crippen LogP) is 14.1. The second-order valence-electron chi connectivity index (χ2n) is 14.8. The average Bonchev–Trinajstić information content (AvgIpc) is 4.05. The Bertz CT molecular complexity index is 3700. The van der Waals surface area contributed by atoms with Crippen LogP contribution in [-0.4, -0.2) is 15.0 Å². The Morgan fingerprint density at radius 2 is 0.517 bits per heavy atom. The van der Waals surface area contributed by atoms with Gasteiger partial charge in [-0.25, -0.2) is 0 Å². The molecule has 0 radical (unpaired) electrons. The maximum Gasteiger partial charge on any atom is 0.153 e. The number of nitrogens with zero attached hydrogens (tertiary/aromatic N) is 3. The van der Waals surface area contributed by atoms with Crippen molar-refractivity contribution in [3.8, 4) is 44.5 Å². The minimum atomic E-state index is 0.773. The van der Waals surface area contributed by atoms with E-state index < -0.39 is 0 Å². The second kappa shape index (κ2) is 11.7. The molecule has 6 aromatic carbocycles. The summed E-state index contributed by atoms with van der Waals surface area (Å²) < 4.78 is 24.8. The lowest BCUT2D eigenvalue weighted by molar-refractivity contribution is 0.668. The van der Waals surface area contributed by atoms with Crippen molar-refractivity contribution in [1.29, 1.82) is 0 Å². The summed E-state index contributed by atoms with van der Waals surface area (Å²) in [5.74, 6) is 0. The van der Waals surface area contributed by atoms with Crippen molar-refractivity contribution in [1.82, 2.24) is 15.0 Å². The van der Waals surface area contributed by atoms with E-state index >= 15 is 0 Å². The molecule has 7 aromatic heterocycles. The van der Waals surface area contributed by atoms with Gasteiger partial charge in [0.15, 0.2) is 16.7 Å². The first-order valence-corrected chi connectivity index (χ1v) is 19.1. The third-order valence-electron chi connectivity index (χ3n) is 11.4. The van der Waals surface area contributed by atoms with E-state index in [2.05, 4.69) is 106 Å². The van der Waals surface area contributed by atoms with Gasteiger partial charge in [-0.05, 0) is 160 Å². The maximum atomic E-state index is 6.42. The highest BCUT2D eigenvalue weighted by Gasteiger charge is 2.17. The SMILES string of the molecule is c1cnc2c(c1)oc1ccc(-c3cc(-c4ccc5oc6ccc(-c7ccc8oc9cccnc9c8c7)cc6c5c4)cc(-c4ccc5oc6cccnc6c5c4)c3)cc12. The van der Waals surface area contributed by atoms with E-state index in [0.29, 0.717) is 0 Å². The normalized spacial score (nSPS) is 12.1. The van der Waals surface area contributed by atoms with E-state index in [-0.39, 0.29) is 0 Å². The summed E-state index contributed by atoms with van der Waals surface area (Å²) in [6.07, 6.45) is 5.42. The molecule has 0 atom stereocenters. The Morgan fingerprint density at radius 1 is 0.241 bits per heavy atom. The molecule has 7 heterocycles. The summed E-state index contributed by atoms with van der Waals surface area (Å²) in [4.78, 5) is 13.9. The number of pyridine rings is 3. The molecule has 0 spiro atoms. The van der Waals surface area contributed by atoms with Crippen LogP contribution in [0.2, 0.25) is 0 Å². The van der Waals surface area contributed by atoms with Crippen molar-refractivity contribution in [3.63, 3.8) is 0 Å². The number of hydrogen-bond donors (Lipinski definition) is 0. The van der Waals surface area contributed by atoms with Crippen molar-refractivity contribution in [2.45, 2.75) is 0 Å². The smallest absolute Gasteiger partial charge is 0.153 e. The highest BCUT2D eigenvalue weighted by molar-refractivity contribution is 6.10. The fourth-order valence-electron chi connectivity index (χ4n) is 8.60. The molecule has 13 aromatic rings. The fourth-order valence-corrected chi connectivity index (χ4v) is 8.60. The molecule has 0 N–H and O–H groups in total. The number of aromatic nitrogens is 3. The fraction of sp³-hybridized carbons (Fsp3) is 0.